The second kappa shape index (κ2) is 8.60. The van der Waals surface area contributed by atoms with Crippen molar-refractivity contribution in [3.8, 4) is 5.75 Å². The van der Waals surface area contributed by atoms with E-state index in [4.69, 9.17) is 16.3 Å². The van der Waals surface area contributed by atoms with Gasteiger partial charge < -0.3 is 4.74 Å². The number of anilines is 1. The van der Waals surface area contributed by atoms with Crippen molar-refractivity contribution < 1.29 is 22.7 Å². The molecule has 0 saturated heterocycles. The molecule has 1 amide bonds. The minimum absolute atomic E-state index is 0.0344. The number of benzene rings is 2. The van der Waals surface area contributed by atoms with Gasteiger partial charge in [-0.15, -0.1) is 0 Å². The van der Waals surface area contributed by atoms with Gasteiger partial charge in [0.2, 0.25) is 5.91 Å². The summed E-state index contributed by atoms with van der Waals surface area (Å²) in [7, 11) is -4.22. The SMILES string of the molecule is CC(=O)Oc1c(Br)cc(N(C(C)=O)S(=O)(=O)c2ccc(Cl)cc2)c(Br)c1Br. The quantitative estimate of drug-likeness (QED) is 0.269. The Labute approximate surface area is 186 Å². The number of rotatable bonds is 4. The summed E-state index contributed by atoms with van der Waals surface area (Å²) in [4.78, 5) is 23.4. The lowest BCUT2D eigenvalue weighted by molar-refractivity contribution is -0.132. The van der Waals surface area contributed by atoms with Gasteiger partial charge in [0.25, 0.3) is 10.0 Å². The summed E-state index contributed by atoms with van der Waals surface area (Å²) >= 11 is 15.6. The molecule has 2 aromatic rings. The minimum Gasteiger partial charge on any atom is -0.424 e. The van der Waals surface area contributed by atoms with Crippen LogP contribution in [0.3, 0.4) is 0 Å². The first kappa shape index (κ1) is 22.4. The molecule has 0 fully saturated rings. The molecule has 27 heavy (non-hydrogen) atoms. The first-order valence-corrected chi connectivity index (χ1v) is 11.3. The normalized spacial score (nSPS) is 11.2. The zero-order chi connectivity index (χ0) is 20.5. The average molecular weight is 604 g/mol. The van der Waals surface area contributed by atoms with E-state index >= 15 is 0 Å². The fraction of sp³-hybridized carbons (Fsp3) is 0.125. The summed E-state index contributed by atoms with van der Waals surface area (Å²) in [5, 5.41) is 0.362. The van der Waals surface area contributed by atoms with E-state index in [9.17, 15) is 18.0 Å². The summed E-state index contributed by atoms with van der Waals surface area (Å²) < 4.78 is 32.6. The number of carbonyl (C=O) groups excluding carboxylic acids is 2. The Balaban J connectivity index is 2.69. The number of sulfonamides is 1. The third-order valence-electron chi connectivity index (χ3n) is 3.20. The molecule has 2 rings (SSSR count). The molecule has 0 heterocycles. The van der Waals surface area contributed by atoms with Crippen LogP contribution in [-0.4, -0.2) is 20.3 Å². The van der Waals surface area contributed by atoms with Gasteiger partial charge in [-0.05, 0) is 78.1 Å². The highest BCUT2D eigenvalue weighted by atomic mass is 79.9. The van der Waals surface area contributed by atoms with Crippen molar-refractivity contribution in [2.45, 2.75) is 18.7 Å². The average Bonchev–Trinajstić information content (AvgIpc) is 2.56. The topological polar surface area (TPSA) is 80.8 Å². The molecule has 0 saturated carbocycles. The van der Waals surface area contributed by atoms with E-state index in [0.29, 0.717) is 9.33 Å². The third-order valence-corrected chi connectivity index (χ3v) is 7.93. The molecule has 0 spiro atoms. The molecule has 6 nitrogen and oxygen atoms in total. The van der Waals surface area contributed by atoms with Gasteiger partial charge in [0.15, 0.2) is 5.75 Å². The Hall–Kier alpha value is -0.940. The summed E-state index contributed by atoms with van der Waals surface area (Å²) in [5.74, 6) is -1.15. The van der Waals surface area contributed by atoms with Gasteiger partial charge in [-0.2, -0.15) is 0 Å². The molecule has 0 aliphatic carbocycles. The first-order chi connectivity index (χ1) is 12.5. The van der Waals surface area contributed by atoms with Crippen LogP contribution < -0.4 is 9.04 Å². The molecule has 0 radical (unpaired) electrons. The Bertz CT molecular complexity index is 1030. The van der Waals surface area contributed by atoms with E-state index in [0.717, 1.165) is 6.92 Å². The van der Waals surface area contributed by atoms with Crippen molar-refractivity contribution in [3.05, 3.63) is 48.8 Å². The zero-order valence-electron chi connectivity index (χ0n) is 13.8. The van der Waals surface area contributed by atoms with Crippen molar-refractivity contribution in [2.75, 3.05) is 4.31 Å². The van der Waals surface area contributed by atoms with Crippen LogP contribution in [0.5, 0.6) is 5.75 Å². The highest BCUT2D eigenvalue weighted by Crippen LogP contribution is 2.46. The number of nitrogens with zero attached hydrogens (tertiary/aromatic N) is 1. The lowest BCUT2D eigenvalue weighted by atomic mass is 10.3. The molecular weight excluding hydrogens is 593 g/mol. The molecule has 0 aliphatic heterocycles. The fourth-order valence-corrected chi connectivity index (χ4v) is 5.54. The lowest BCUT2D eigenvalue weighted by Crippen LogP contribution is -2.35. The highest BCUT2D eigenvalue weighted by molar-refractivity contribution is 9.13. The number of carbonyl (C=O) groups is 2. The van der Waals surface area contributed by atoms with Gasteiger partial charge in [0.05, 0.1) is 24.0 Å². The van der Waals surface area contributed by atoms with Gasteiger partial charge in [0, 0.05) is 18.9 Å². The van der Waals surface area contributed by atoms with Crippen LogP contribution in [-0.2, 0) is 19.6 Å². The van der Waals surface area contributed by atoms with Crippen LogP contribution in [0, 0.1) is 0 Å². The van der Waals surface area contributed by atoms with Crippen molar-refractivity contribution in [1.29, 1.82) is 0 Å². The van der Waals surface area contributed by atoms with Crippen molar-refractivity contribution in [2.24, 2.45) is 0 Å². The molecule has 0 atom stereocenters. The Morgan fingerprint density at radius 3 is 2.07 bits per heavy atom. The molecule has 0 aliphatic rings. The summed E-state index contributed by atoms with van der Waals surface area (Å²) in [5.41, 5.74) is 0.0344. The van der Waals surface area contributed by atoms with Gasteiger partial charge >= 0.3 is 5.97 Å². The molecule has 11 heteroatoms. The number of ether oxygens (including phenoxy) is 1. The van der Waals surface area contributed by atoms with Gasteiger partial charge in [-0.25, -0.2) is 12.7 Å². The molecular formula is C16H11Br3ClNO5S. The predicted octanol–water partition coefficient (Wildman–Crippen LogP) is 5.29. The summed E-state index contributed by atoms with van der Waals surface area (Å²) in [6.45, 7) is 2.36. The van der Waals surface area contributed by atoms with E-state index in [-0.39, 0.29) is 29.8 Å². The second-order valence-electron chi connectivity index (χ2n) is 5.17. The fourth-order valence-electron chi connectivity index (χ4n) is 2.13. The highest BCUT2D eigenvalue weighted by Gasteiger charge is 2.32. The van der Waals surface area contributed by atoms with Crippen LogP contribution in [0.25, 0.3) is 0 Å². The van der Waals surface area contributed by atoms with Crippen molar-refractivity contribution >= 4 is 87.0 Å². The molecule has 144 valence electrons. The van der Waals surface area contributed by atoms with E-state index < -0.39 is 21.9 Å². The summed E-state index contributed by atoms with van der Waals surface area (Å²) in [6, 6.07) is 6.80. The minimum atomic E-state index is -4.22. The second-order valence-corrected chi connectivity index (χ2v) is 9.83. The van der Waals surface area contributed by atoms with E-state index in [1.165, 1.54) is 37.3 Å². The Kier molecular flexibility index (Phi) is 7.12. The smallest absolute Gasteiger partial charge is 0.308 e. The largest absolute Gasteiger partial charge is 0.424 e. The Morgan fingerprint density at radius 2 is 1.59 bits per heavy atom. The van der Waals surface area contributed by atoms with Gasteiger partial charge in [0.1, 0.15) is 0 Å². The first-order valence-electron chi connectivity index (χ1n) is 7.14. The lowest BCUT2D eigenvalue weighted by Gasteiger charge is -2.24. The maximum atomic E-state index is 13.0. The standard InChI is InChI=1S/C16H11Br3ClNO5S/c1-8(22)21(27(24,25)11-5-3-10(20)4-6-11)13-7-12(17)16(26-9(2)23)15(19)14(13)18/h3-7H,1-2H3. The molecule has 2 aromatic carbocycles. The monoisotopic (exact) mass is 601 g/mol. The van der Waals surface area contributed by atoms with E-state index in [2.05, 4.69) is 47.8 Å². The summed E-state index contributed by atoms with van der Waals surface area (Å²) in [6.07, 6.45) is 0. The third kappa shape index (κ3) is 4.73. The van der Waals surface area contributed by atoms with E-state index in [1.54, 1.807) is 0 Å². The molecule has 0 bridgehead atoms. The zero-order valence-corrected chi connectivity index (χ0v) is 20.1. The van der Waals surface area contributed by atoms with Crippen LogP contribution >= 0.6 is 59.4 Å². The Morgan fingerprint density at radius 1 is 1.04 bits per heavy atom. The maximum absolute atomic E-state index is 13.0. The van der Waals surface area contributed by atoms with Crippen LogP contribution in [0.2, 0.25) is 5.02 Å². The van der Waals surface area contributed by atoms with E-state index in [1.807, 2.05) is 0 Å². The molecule has 0 N–H and O–H groups in total. The number of halogens is 4. The number of amides is 1. The molecule has 0 unspecified atom stereocenters. The molecule has 0 aromatic heterocycles. The maximum Gasteiger partial charge on any atom is 0.308 e. The van der Waals surface area contributed by atoms with Crippen molar-refractivity contribution in [3.63, 3.8) is 0 Å². The van der Waals surface area contributed by atoms with Gasteiger partial charge in [-0.1, -0.05) is 11.6 Å². The van der Waals surface area contributed by atoms with Crippen LogP contribution in [0.15, 0.2) is 48.6 Å². The number of esters is 1. The van der Waals surface area contributed by atoms with Crippen LogP contribution in [0.1, 0.15) is 13.8 Å². The van der Waals surface area contributed by atoms with Crippen molar-refractivity contribution in [1.82, 2.24) is 0 Å². The number of hydrogen-bond donors (Lipinski definition) is 0. The predicted molar refractivity (Wildman–Crippen MR) is 113 cm³/mol. The van der Waals surface area contributed by atoms with Gasteiger partial charge in [-0.3, -0.25) is 9.59 Å². The van der Waals surface area contributed by atoms with Crippen LogP contribution in [0.4, 0.5) is 5.69 Å². The number of hydrogen-bond acceptors (Lipinski definition) is 5.